The first-order chi connectivity index (χ1) is 13.3. The van der Waals surface area contributed by atoms with Gasteiger partial charge in [0, 0.05) is 20.3 Å². The molecule has 2 rings (SSSR count). The number of aromatic nitrogens is 3. The first-order valence-electron chi connectivity index (χ1n) is 9.37. The van der Waals surface area contributed by atoms with E-state index in [0.717, 1.165) is 12.8 Å². The minimum atomic E-state index is -0.718. The van der Waals surface area contributed by atoms with Crippen molar-refractivity contribution in [3.8, 4) is 11.8 Å². The van der Waals surface area contributed by atoms with E-state index < -0.39 is 18.0 Å². The summed E-state index contributed by atoms with van der Waals surface area (Å²) in [6.45, 7) is 4.96. The lowest BCUT2D eigenvalue weighted by molar-refractivity contribution is -0.148. The van der Waals surface area contributed by atoms with E-state index in [1.54, 1.807) is 0 Å². The molecule has 0 unspecified atom stereocenters. The van der Waals surface area contributed by atoms with Gasteiger partial charge in [-0.15, -0.1) is 5.10 Å². The molecular formula is C19H26N4O5. The van der Waals surface area contributed by atoms with Crippen molar-refractivity contribution in [3.63, 3.8) is 0 Å². The molecule has 1 fully saturated rings. The van der Waals surface area contributed by atoms with Crippen molar-refractivity contribution < 1.29 is 23.9 Å². The summed E-state index contributed by atoms with van der Waals surface area (Å²) in [5.41, 5.74) is 5.73. The zero-order chi connectivity index (χ0) is 20.7. The highest BCUT2D eigenvalue weighted by Gasteiger charge is 2.40. The van der Waals surface area contributed by atoms with E-state index >= 15 is 0 Å². The van der Waals surface area contributed by atoms with Crippen molar-refractivity contribution in [2.45, 2.75) is 65.0 Å². The molecule has 2 N–H and O–H groups in total. The Balaban J connectivity index is 2.32. The highest BCUT2D eigenvalue weighted by molar-refractivity contribution is 5.92. The SMILES string of the molecule is CCCCC#Cc1c(C(N)=O)nnn1[C@H]1C[C@@H](COC(C)=O)C[C@@H]1OC(C)=O. The molecule has 9 heteroatoms. The predicted molar refractivity (Wildman–Crippen MR) is 98.9 cm³/mol. The normalized spacial score (nSPS) is 20.9. The Hall–Kier alpha value is -2.89. The number of carbonyl (C=O) groups excluding carboxylic acids is 3. The van der Waals surface area contributed by atoms with Gasteiger partial charge in [0.05, 0.1) is 12.6 Å². The molecule has 0 aromatic carbocycles. The molecule has 3 atom stereocenters. The van der Waals surface area contributed by atoms with E-state index in [1.807, 2.05) is 0 Å². The summed E-state index contributed by atoms with van der Waals surface area (Å²) in [6, 6.07) is -0.375. The van der Waals surface area contributed by atoms with Crippen LogP contribution in [0.25, 0.3) is 0 Å². The van der Waals surface area contributed by atoms with Gasteiger partial charge < -0.3 is 15.2 Å². The van der Waals surface area contributed by atoms with E-state index in [2.05, 4.69) is 29.1 Å². The van der Waals surface area contributed by atoms with Gasteiger partial charge in [0.2, 0.25) is 0 Å². The van der Waals surface area contributed by atoms with E-state index in [4.69, 9.17) is 15.2 Å². The van der Waals surface area contributed by atoms with E-state index in [9.17, 15) is 14.4 Å². The van der Waals surface area contributed by atoms with Crippen LogP contribution in [0.2, 0.25) is 0 Å². The van der Waals surface area contributed by atoms with E-state index in [0.29, 0.717) is 25.0 Å². The molecular weight excluding hydrogens is 364 g/mol. The molecule has 0 aliphatic heterocycles. The van der Waals surface area contributed by atoms with Crippen LogP contribution >= 0.6 is 0 Å². The standard InChI is InChI=1S/C19H26N4O5/c1-4-5-6-7-8-15-18(19(20)26)21-22-23(15)16-9-14(11-27-12(2)24)10-17(16)28-13(3)25/h14,16-17H,4-6,9-11H2,1-3H3,(H2,20,26)/t14-,16+,17+/m1/s1. The first kappa shape index (κ1) is 21.4. The fourth-order valence-electron chi connectivity index (χ4n) is 3.26. The van der Waals surface area contributed by atoms with Crippen LogP contribution in [0.5, 0.6) is 0 Å². The minimum absolute atomic E-state index is 0.00555. The molecule has 9 nitrogen and oxygen atoms in total. The first-order valence-corrected chi connectivity index (χ1v) is 9.37. The molecule has 152 valence electrons. The van der Waals surface area contributed by atoms with Gasteiger partial charge in [-0.3, -0.25) is 14.4 Å². The highest BCUT2D eigenvalue weighted by atomic mass is 16.5. The number of nitrogens with zero attached hydrogens (tertiary/aromatic N) is 3. The van der Waals surface area contributed by atoms with Crippen LogP contribution in [0.1, 0.15) is 75.1 Å². The Morgan fingerprint density at radius 2 is 2.00 bits per heavy atom. The number of nitrogens with two attached hydrogens (primary N) is 1. The van der Waals surface area contributed by atoms with Crippen LogP contribution in [-0.2, 0) is 19.1 Å². The molecule has 0 radical (unpaired) electrons. The number of carbonyl (C=O) groups is 3. The molecule has 1 saturated carbocycles. The number of rotatable bonds is 7. The monoisotopic (exact) mass is 390 g/mol. The number of amides is 1. The van der Waals surface area contributed by atoms with Crippen LogP contribution < -0.4 is 5.73 Å². The maximum absolute atomic E-state index is 11.7. The fraction of sp³-hybridized carbons (Fsp3) is 0.632. The molecule has 1 amide bonds. The molecule has 1 aromatic heterocycles. The van der Waals surface area contributed by atoms with Gasteiger partial charge in [0.15, 0.2) is 5.69 Å². The van der Waals surface area contributed by atoms with Gasteiger partial charge in [-0.05, 0) is 31.1 Å². The Labute approximate surface area is 163 Å². The quantitative estimate of drug-likeness (QED) is 0.423. The van der Waals surface area contributed by atoms with Crippen LogP contribution in [-0.4, -0.2) is 45.6 Å². The lowest BCUT2D eigenvalue weighted by atomic mass is 10.1. The van der Waals surface area contributed by atoms with Gasteiger partial charge in [-0.25, -0.2) is 4.68 Å². The highest BCUT2D eigenvalue weighted by Crippen LogP contribution is 2.37. The molecule has 28 heavy (non-hydrogen) atoms. The van der Waals surface area contributed by atoms with Gasteiger partial charge in [-0.2, -0.15) is 0 Å². The summed E-state index contributed by atoms with van der Waals surface area (Å²) in [5, 5.41) is 7.95. The van der Waals surface area contributed by atoms with Crippen molar-refractivity contribution in [2.24, 2.45) is 11.7 Å². The minimum Gasteiger partial charge on any atom is -0.466 e. The van der Waals surface area contributed by atoms with Gasteiger partial charge in [-0.1, -0.05) is 24.5 Å². The molecule has 0 bridgehead atoms. The topological polar surface area (TPSA) is 126 Å². The number of primary amides is 1. The van der Waals surface area contributed by atoms with Crippen molar-refractivity contribution >= 4 is 17.8 Å². The summed E-state index contributed by atoms with van der Waals surface area (Å²) < 4.78 is 12.1. The average Bonchev–Trinajstić information content (AvgIpc) is 3.20. The van der Waals surface area contributed by atoms with Crippen molar-refractivity contribution in [2.75, 3.05) is 6.61 Å². The third kappa shape index (κ3) is 5.55. The molecule has 1 aliphatic rings. The Morgan fingerprint density at radius 3 is 2.61 bits per heavy atom. The second-order valence-electron chi connectivity index (χ2n) is 6.86. The van der Waals surface area contributed by atoms with Gasteiger partial charge in [0.25, 0.3) is 5.91 Å². The predicted octanol–water partition coefficient (Wildman–Crippen LogP) is 1.36. The summed E-state index contributed by atoms with van der Waals surface area (Å²) in [7, 11) is 0. The zero-order valence-corrected chi connectivity index (χ0v) is 16.4. The zero-order valence-electron chi connectivity index (χ0n) is 16.4. The third-order valence-electron chi connectivity index (χ3n) is 4.51. The van der Waals surface area contributed by atoms with Crippen LogP contribution in [0.15, 0.2) is 0 Å². The number of hydrogen-bond acceptors (Lipinski definition) is 7. The molecule has 0 saturated heterocycles. The van der Waals surface area contributed by atoms with Crippen molar-refractivity contribution in [3.05, 3.63) is 11.4 Å². The Kier molecular flexibility index (Phi) is 7.55. The number of hydrogen-bond donors (Lipinski definition) is 1. The third-order valence-corrected chi connectivity index (χ3v) is 4.51. The fourth-order valence-corrected chi connectivity index (χ4v) is 3.26. The van der Waals surface area contributed by atoms with Crippen molar-refractivity contribution in [1.82, 2.24) is 15.0 Å². The van der Waals surface area contributed by atoms with Gasteiger partial charge in [0.1, 0.15) is 11.8 Å². The molecule has 1 heterocycles. The summed E-state index contributed by atoms with van der Waals surface area (Å²) >= 11 is 0. The second kappa shape index (κ2) is 9.88. The lowest BCUT2D eigenvalue weighted by Crippen LogP contribution is -2.26. The lowest BCUT2D eigenvalue weighted by Gasteiger charge is -2.19. The average molecular weight is 390 g/mol. The number of esters is 2. The van der Waals surface area contributed by atoms with E-state index in [1.165, 1.54) is 18.5 Å². The largest absolute Gasteiger partial charge is 0.466 e. The summed E-state index contributed by atoms with van der Waals surface area (Å²) in [5.74, 6) is 4.45. The number of ether oxygens (including phenoxy) is 2. The second-order valence-corrected chi connectivity index (χ2v) is 6.86. The molecule has 0 spiro atoms. The molecule has 1 aliphatic carbocycles. The molecule has 1 aromatic rings. The maximum Gasteiger partial charge on any atom is 0.302 e. The van der Waals surface area contributed by atoms with Crippen LogP contribution in [0.4, 0.5) is 0 Å². The summed E-state index contributed by atoms with van der Waals surface area (Å²) in [6.07, 6.45) is 3.17. The van der Waals surface area contributed by atoms with Gasteiger partial charge >= 0.3 is 11.9 Å². The Morgan fingerprint density at radius 1 is 1.25 bits per heavy atom. The van der Waals surface area contributed by atoms with Crippen molar-refractivity contribution in [1.29, 1.82) is 0 Å². The Bertz CT molecular complexity index is 792. The van der Waals surface area contributed by atoms with Crippen LogP contribution in [0.3, 0.4) is 0 Å². The smallest absolute Gasteiger partial charge is 0.302 e. The number of unbranched alkanes of at least 4 members (excludes halogenated alkanes) is 2. The maximum atomic E-state index is 11.7. The summed E-state index contributed by atoms with van der Waals surface area (Å²) in [4.78, 5) is 34.4. The van der Waals surface area contributed by atoms with Crippen LogP contribution in [0, 0.1) is 17.8 Å². The van der Waals surface area contributed by atoms with E-state index in [-0.39, 0.29) is 30.2 Å².